The number of esters is 1. The molecule has 0 bridgehead atoms. The number of Topliss-reactive ketones (excluding diaryl/α,β-unsaturated/α-hetero) is 1. The number of aromatic hydroxyl groups is 1. The van der Waals surface area contributed by atoms with Crippen molar-refractivity contribution in [2.24, 2.45) is 5.41 Å². The first-order chi connectivity index (χ1) is 14.5. The number of benzene rings is 2. The first kappa shape index (κ1) is 22.1. The standard InChI is InChI=1S/C24H25NO6/c1-24(2,3)22(29)19-20(15-7-11-17(26)12-8-15)25(23(30)21(19)28)16-9-5-14(6-10-16)13-18(27)31-4/h5-12,20,26,28H,13H2,1-4H3. The zero-order chi connectivity index (χ0) is 22.9. The largest absolute Gasteiger partial charge is 0.508 e. The Hall–Kier alpha value is -3.61. The SMILES string of the molecule is COC(=O)Cc1ccc(N2C(=O)C(O)=C(C(=O)C(C)(C)C)C2c2ccc(O)cc2)cc1. The average molecular weight is 423 g/mol. The molecule has 1 heterocycles. The van der Waals surface area contributed by atoms with E-state index in [0.717, 1.165) is 0 Å². The highest BCUT2D eigenvalue weighted by Gasteiger charge is 2.46. The minimum Gasteiger partial charge on any atom is -0.508 e. The molecular formula is C24H25NO6. The smallest absolute Gasteiger partial charge is 0.309 e. The van der Waals surface area contributed by atoms with Crippen LogP contribution >= 0.6 is 0 Å². The highest BCUT2D eigenvalue weighted by molar-refractivity contribution is 6.17. The number of nitrogens with zero attached hydrogens (tertiary/aromatic N) is 1. The molecule has 0 aliphatic carbocycles. The number of methoxy groups -OCH3 is 1. The number of hydrogen-bond donors (Lipinski definition) is 2. The lowest BCUT2D eigenvalue weighted by Crippen LogP contribution is -2.32. The predicted molar refractivity (Wildman–Crippen MR) is 115 cm³/mol. The van der Waals surface area contributed by atoms with E-state index in [2.05, 4.69) is 4.74 Å². The Morgan fingerprint density at radius 2 is 1.58 bits per heavy atom. The van der Waals surface area contributed by atoms with E-state index in [9.17, 15) is 24.6 Å². The fraction of sp³-hybridized carbons (Fsp3) is 0.292. The van der Waals surface area contributed by atoms with Gasteiger partial charge in [-0.25, -0.2) is 0 Å². The lowest BCUT2D eigenvalue weighted by Gasteiger charge is -2.29. The molecule has 0 radical (unpaired) electrons. The molecule has 7 nitrogen and oxygen atoms in total. The second-order valence-electron chi connectivity index (χ2n) is 8.43. The van der Waals surface area contributed by atoms with Gasteiger partial charge in [0.1, 0.15) is 5.75 Å². The van der Waals surface area contributed by atoms with Crippen molar-refractivity contribution in [2.45, 2.75) is 33.2 Å². The number of carbonyl (C=O) groups is 3. The fourth-order valence-electron chi connectivity index (χ4n) is 3.49. The van der Waals surface area contributed by atoms with Gasteiger partial charge in [0.05, 0.1) is 25.1 Å². The summed E-state index contributed by atoms with van der Waals surface area (Å²) in [7, 11) is 1.31. The Morgan fingerprint density at radius 3 is 2.10 bits per heavy atom. The van der Waals surface area contributed by atoms with Crippen molar-refractivity contribution in [3.63, 3.8) is 0 Å². The van der Waals surface area contributed by atoms with Gasteiger partial charge in [0.15, 0.2) is 11.5 Å². The van der Waals surface area contributed by atoms with Crippen molar-refractivity contribution < 1.29 is 29.3 Å². The third-order valence-corrected chi connectivity index (χ3v) is 5.13. The van der Waals surface area contributed by atoms with Gasteiger partial charge in [-0.1, -0.05) is 45.0 Å². The molecule has 2 aromatic rings. The molecule has 1 aliphatic rings. The van der Waals surface area contributed by atoms with Crippen molar-refractivity contribution in [3.05, 3.63) is 71.0 Å². The molecule has 31 heavy (non-hydrogen) atoms. The van der Waals surface area contributed by atoms with Crippen LogP contribution < -0.4 is 4.90 Å². The number of aliphatic hydroxyl groups is 1. The van der Waals surface area contributed by atoms with Crippen molar-refractivity contribution in [2.75, 3.05) is 12.0 Å². The highest BCUT2D eigenvalue weighted by Crippen LogP contribution is 2.43. The van der Waals surface area contributed by atoms with Crippen LogP contribution in [0.25, 0.3) is 0 Å². The minimum absolute atomic E-state index is 0.0156. The summed E-state index contributed by atoms with van der Waals surface area (Å²) in [4.78, 5) is 39.1. The molecule has 0 fully saturated rings. The quantitative estimate of drug-likeness (QED) is 0.712. The van der Waals surface area contributed by atoms with Gasteiger partial charge in [0.25, 0.3) is 5.91 Å². The van der Waals surface area contributed by atoms with Crippen LogP contribution in [0.3, 0.4) is 0 Å². The summed E-state index contributed by atoms with van der Waals surface area (Å²) < 4.78 is 4.67. The minimum atomic E-state index is -0.855. The predicted octanol–water partition coefficient (Wildman–Crippen LogP) is 3.62. The number of ether oxygens (including phenoxy) is 1. The van der Waals surface area contributed by atoms with E-state index in [1.807, 2.05) is 0 Å². The van der Waals surface area contributed by atoms with Crippen LogP contribution in [0.15, 0.2) is 59.9 Å². The summed E-state index contributed by atoms with van der Waals surface area (Å²) in [6.07, 6.45) is 0.0867. The molecule has 0 saturated carbocycles. The zero-order valence-electron chi connectivity index (χ0n) is 17.9. The van der Waals surface area contributed by atoms with E-state index < -0.39 is 23.1 Å². The normalized spacial score (nSPS) is 16.6. The average Bonchev–Trinajstić information content (AvgIpc) is 2.98. The van der Waals surface area contributed by atoms with Crippen LogP contribution in [0.4, 0.5) is 5.69 Å². The molecule has 0 saturated heterocycles. The van der Waals surface area contributed by atoms with Crippen LogP contribution in [0.1, 0.15) is 37.9 Å². The van der Waals surface area contributed by atoms with Gasteiger partial charge in [0, 0.05) is 11.1 Å². The monoisotopic (exact) mass is 423 g/mol. The fourth-order valence-corrected chi connectivity index (χ4v) is 3.49. The molecule has 2 N–H and O–H groups in total. The Balaban J connectivity index is 2.08. The number of phenolic OH excluding ortho intramolecular Hbond substituents is 1. The number of carbonyl (C=O) groups excluding carboxylic acids is 3. The van der Waals surface area contributed by atoms with Crippen LogP contribution in [0.2, 0.25) is 0 Å². The summed E-state index contributed by atoms with van der Waals surface area (Å²) in [5, 5.41) is 20.3. The van der Waals surface area contributed by atoms with Crippen molar-refractivity contribution >= 4 is 23.3 Å². The van der Waals surface area contributed by atoms with Gasteiger partial charge < -0.3 is 14.9 Å². The number of aliphatic hydroxyl groups excluding tert-OH is 1. The molecule has 7 heteroatoms. The molecular weight excluding hydrogens is 398 g/mol. The molecule has 0 spiro atoms. The summed E-state index contributed by atoms with van der Waals surface area (Å²) in [6, 6.07) is 12.0. The molecule has 0 aromatic heterocycles. The van der Waals surface area contributed by atoms with E-state index in [-0.39, 0.29) is 29.5 Å². The lowest BCUT2D eigenvalue weighted by atomic mass is 9.82. The van der Waals surface area contributed by atoms with Gasteiger partial charge in [-0.3, -0.25) is 19.3 Å². The van der Waals surface area contributed by atoms with Gasteiger partial charge in [-0.2, -0.15) is 0 Å². The van der Waals surface area contributed by atoms with Crippen LogP contribution in [0.5, 0.6) is 5.75 Å². The molecule has 1 aliphatic heterocycles. The number of hydrogen-bond acceptors (Lipinski definition) is 6. The van der Waals surface area contributed by atoms with Gasteiger partial charge in [-0.15, -0.1) is 0 Å². The maximum atomic E-state index is 13.2. The molecule has 1 unspecified atom stereocenters. The van der Waals surface area contributed by atoms with E-state index in [1.54, 1.807) is 57.2 Å². The summed E-state index contributed by atoms with van der Waals surface area (Å²) in [6.45, 7) is 5.16. The first-order valence-corrected chi connectivity index (χ1v) is 9.80. The van der Waals surface area contributed by atoms with Gasteiger partial charge >= 0.3 is 5.97 Å². The number of anilines is 1. The Morgan fingerprint density at radius 1 is 1.00 bits per heavy atom. The number of rotatable bonds is 5. The Labute approximate surface area is 180 Å². The maximum Gasteiger partial charge on any atom is 0.309 e. The molecule has 1 amide bonds. The summed E-state index contributed by atoms with van der Waals surface area (Å²) >= 11 is 0. The van der Waals surface area contributed by atoms with E-state index in [1.165, 1.54) is 24.1 Å². The number of amides is 1. The second kappa shape index (κ2) is 8.26. The van der Waals surface area contributed by atoms with Crippen LogP contribution in [-0.2, 0) is 25.5 Å². The van der Waals surface area contributed by atoms with Gasteiger partial charge in [0.2, 0.25) is 0 Å². The molecule has 3 rings (SSSR count). The lowest BCUT2D eigenvalue weighted by molar-refractivity contribution is -0.139. The van der Waals surface area contributed by atoms with Crippen LogP contribution in [0, 0.1) is 5.41 Å². The second-order valence-corrected chi connectivity index (χ2v) is 8.43. The van der Waals surface area contributed by atoms with Gasteiger partial charge in [-0.05, 0) is 35.4 Å². The molecule has 2 aromatic carbocycles. The summed E-state index contributed by atoms with van der Waals surface area (Å²) in [5.74, 6) is -1.96. The Kier molecular flexibility index (Phi) is 5.88. The van der Waals surface area contributed by atoms with Crippen molar-refractivity contribution in [1.82, 2.24) is 0 Å². The van der Waals surface area contributed by atoms with Crippen molar-refractivity contribution in [3.8, 4) is 5.75 Å². The van der Waals surface area contributed by atoms with E-state index >= 15 is 0 Å². The van der Waals surface area contributed by atoms with E-state index in [4.69, 9.17) is 0 Å². The summed E-state index contributed by atoms with van der Waals surface area (Å²) in [5.41, 5.74) is 0.925. The molecule has 1 atom stereocenters. The third kappa shape index (κ3) is 4.30. The highest BCUT2D eigenvalue weighted by atomic mass is 16.5. The first-order valence-electron chi connectivity index (χ1n) is 9.80. The third-order valence-electron chi connectivity index (χ3n) is 5.13. The molecule has 162 valence electrons. The maximum absolute atomic E-state index is 13.2. The number of phenols is 1. The van der Waals surface area contributed by atoms with Crippen molar-refractivity contribution in [1.29, 1.82) is 0 Å². The topological polar surface area (TPSA) is 104 Å². The van der Waals surface area contributed by atoms with Crippen LogP contribution in [-0.4, -0.2) is 35.0 Å². The zero-order valence-corrected chi connectivity index (χ0v) is 17.9. The van der Waals surface area contributed by atoms with E-state index in [0.29, 0.717) is 16.8 Å². The Bertz CT molecular complexity index is 1040. The number of ketones is 1.